The van der Waals surface area contributed by atoms with Crippen LogP contribution in [0.5, 0.6) is 11.5 Å². The Balaban J connectivity index is 1.37. The fourth-order valence-corrected chi connectivity index (χ4v) is 4.17. The van der Waals surface area contributed by atoms with E-state index in [1.165, 1.54) is 0 Å². The van der Waals surface area contributed by atoms with Crippen LogP contribution in [0.4, 0.5) is 5.69 Å². The Morgan fingerprint density at radius 2 is 1.85 bits per heavy atom. The summed E-state index contributed by atoms with van der Waals surface area (Å²) >= 11 is 0. The van der Waals surface area contributed by atoms with Gasteiger partial charge in [-0.2, -0.15) is 0 Å². The molecular formula is C26H30N2O5. The molecule has 1 fully saturated rings. The van der Waals surface area contributed by atoms with Crippen molar-refractivity contribution in [1.29, 1.82) is 0 Å². The number of nitrogens with zero attached hydrogens (tertiary/aromatic N) is 2. The minimum atomic E-state index is -0.186. The lowest BCUT2D eigenvalue weighted by Gasteiger charge is -2.31. The summed E-state index contributed by atoms with van der Waals surface area (Å²) in [6, 6.07) is 14.2. The van der Waals surface area contributed by atoms with Crippen LogP contribution in [0, 0.1) is 5.92 Å². The fourth-order valence-electron chi connectivity index (χ4n) is 4.17. The zero-order valence-electron chi connectivity index (χ0n) is 19.0. The number of rotatable bonds is 8. The Morgan fingerprint density at radius 1 is 1.09 bits per heavy atom. The second-order valence-electron chi connectivity index (χ2n) is 8.71. The highest BCUT2D eigenvalue weighted by Gasteiger charge is 2.27. The minimum Gasteiger partial charge on any atom is -0.485 e. The largest absolute Gasteiger partial charge is 0.485 e. The molecule has 174 valence electrons. The van der Waals surface area contributed by atoms with Gasteiger partial charge >= 0.3 is 0 Å². The van der Waals surface area contributed by atoms with E-state index in [1.54, 1.807) is 35.2 Å². The Hall–Kier alpha value is -3.35. The number of hydrogen-bond donors (Lipinski definition) is 0. The monoisotopic (exact) mass is 450 g/mol. The van der Waals surface area contributed by atoms with Crippen molar-refractivity contribution >= 4 is 23.3 Å². The number of carbonyl (C=O) groups is 3. The van der Waals surface area contributed by atoms with Crippen LogP contribution >= 0.6 is 0 Å². The molecule has 33 heavy (non-hydrogen) atoms. The van der Waals surface area contributed by atoms with Gasteiger partial charge in [0.15, 0.2) is 19.0 Å². The summed E-state index contributed by atoms with van der Waals surface area (Å²) in [4.78, 5) is 41.3. The van der Waals surface area contributed by atoms with Gasteiger partial charge in [0.25, 0.3) is 5.91 Å². The van der Waals surface area contributed by atoms with Crippen LogP contribution in [-0.2, 0) is 9.59 Å². The third-order valence-electron chi connectivity index (χ3n) is 6.25. The molecule has 4 rings (SSSR count). The van der Waals surface area contributed by atoms with Crippen molar-refractivity contribution in [2.45, 2.75) is 32.6 Å². The van der Waals surface area contributed by atoms with Crippen molar-refractivity contribution in [3.05, 3.63) is 54.1 Å². The molecule has 7 heteroatoms. The molecule has 2 heterocycles. The van der Waals surface area contributed by atoms with Crippen molar-refractivity contribution in [3.63, 3.8) is 0 Å². The molecule has 0 N–H and O–H groups in total. The van der Waals surface area contributed by atoms with E-state index < -0.39 is 0 Å². The van der Waals surface area contributed by atoms with Crippen LogP contribution in [-0.4, -0.2) is 55.3 Å². The van der Waals surface area contributed by atoms with E-state index in [4.69, 9.17) is 9.47 Å². The number of Topliss-reactive ketones (excluding diaryl/α,β-unsaturated/α-hetero) is 1. The molecule has 0 radical (unpaired) electrons. The van der Waals surface area contributed by atoms with Crippen molar-refractivity contribution in [2.24, 2.45) is 5.92 Å². The van der Waals surface area contributed by atoms with E-state index in [1.807, 2.05) is 23.1 Å². The van der Waals surface area contributed by atoms with E-state index in [0.717, 1.165) is 25.9 Å². The second kappa shape index (κ2) is 10.5. The van der Waals surface area contributed by atoms with Gasteiger partial charge in [0, 0.05) is 31.6 Å². The number of ether oxygens (including phenoxy) is 2. The van der Waals surface area contributed by atoms with E-state index >= 15 is 0 Å². The molecule has 7 nitrogen and oxygen atoms in total. The standard InChI is InChI=1S/C26H30N2O5/c1-19-11-14-27(15-12-19)25(30)8-5-13-28-22-16-20(9-10-24(22)33-18-26(28)31)23(29)17-32-21-6-3-2-4-7-21/h2-4,6-7,9-10,16,19H,5,8,11-15,17-18H2,1H3. The molecule has 0 spiro atoms. The smallest absolute Gasteiger partial charge is 0.265 e. The Morgan fingerprint density at radius 3 is 2.61 bits per heavy atom. The van der Waals surface area contributed by atoms with Gasteiger partial charge < -0.3 is 19.3 Å². The van der Waals surface area contributed by atoms with Crippen molar-refractivity contribution < 1.29 is 23.9 Å². The maximum absolute atomic E-state index is 12.7. The first-order valence-corrected chi connectivity index (χ1v) is 11.6. The maximum atomic E-state index is 12.7. The van der Waals surface area contributed by atoms with E-state index in [-0.39, 0.29) is 30.8 Å². The molecule has 2 aliphatic rings. The zero-order chi connectivity index (χ0) is 23.2. The number of ketones is 1. The number of carbonyl (C=O) groups excluding carboxylic acids is 3. The molecular weight excluding hydrogens is 420 g/mol. The predicted molar refractivity (Wildman–Crippen MR) is 125 cm³/mol. The summed E-state index contributed by atoms with van der Waals surface area (Å²) in [5.41, 5.74) is 1.02. The van der Waals surface area contributed by atoms with Crippen molar-refractivity contribution in [1.82, 2.24) is 4.90 Å². The van der Waals surface area contributed by atoms with Crippen LogP contribution in [0.15, 0.2) is 48.5 Å². The summed E-state index contributed by atoms with van der Waals surface area (Å²) in [5, 5.41) is 0. The number of anilines is 1. The molecule has 0 aromatic heterocycles. The van der Waals surface area contributed by atoms with Gasteiger partial charge in [-0.15, -0.1) is 0 Å². The van der Waals surface area contributed by atoms with Crippen LogP contribution in [0.1, 0.15) is 43.0 Å². The summed E-state index contributed by atoms with van der Waals surface area (Å²) < 4.78 is 11.1. The van der Waals surface area contributed by atoms with Gasteiger partial charge in [-0.05, 0) is 55.5 Å². The van der Waals surface area contributed by atoms with Crippen LogP contribution < -0.4 is 14.4 Å². The highest BCUT2D eigenvalue weighted by Crippen LogP contribution is 2.33. The van der Waals surface area contributed by atoms with E-state index in [0.29, 0.717) is 48.1 Å². The van der Waals surface area contributed by atoms with Crippen LogP contribution in [0.2, 0.25) is 0 Å². The number of para-hydroxylation sites is 1. The number of fused-ring (bicyclic) bond motifs is 1. The first-order chi connectivity index (χ1) is 16.0. The van der Waals surface area contributed by atoms with Crippen LogP contribution in [0.25, 0.3) is 0 Å². The average Bonchev–Trinajstić information content (AvgIpc) is 2.84. The number of likely N-dealkylation sites (tertiary alicyclic amines) is 1. The number of amides is 2. The van der Waals surface area contributed by atoms with Crippen LogP contribution in [0.3, 0.4) is 0 Å². The molecule has 0 bridgehead atoms. The highest BCUT2D eigenvalue weighted by molar-refractivity contribution is 6.02. The second-order valence-corrected chi connectivity index (χ2v) is 8.71. The van der Waals surface area contributed by atoms with Gasteiger partial charge in [0.2, 0.25) is 5.91 Å². The number of benzene rings is 2. The summed E-state index contributed by atoms with van der Waals surface area (Å²) in [7, 11) is 0. The van der Waals surface area contributed by atoms with E-state index in [9.17, 15) is 14.4 Å². The fraction of sp³-hybridized carbons (Fsp3) is 0.423. The highest BCUT2D eigenvalue weighted by atomic mass is 16.5. The topological polar surface area (TPSA) is 76.2 Å². The third kappa shape index (κ3) is 5.72. The molecule has 2 amide bonds. The third-order valence-corrected chi connectivity index (χ3v) is 6.25. The normalized spacial score (nSPS) is 16.2. The molecule has 2 aliphatic heterocycles. The quantitative estimate of drug-likeness (QED) is 0.573. The minimum absolute atomic E-state index is 0.0463. The predicted octanol–water partition coefficient (Wildman–Crippen LogP) is 3.71. The molecule has 0 unspecified atom stereocenters. The Kier molecular flexibility index (Phi) is 7.27. The lowest BCUT2D eigenvalue weighted by atomic mass is 9.99. The molecule has 2 aromatic rings. The first-order valence-electron chi connectivity index (χ1n) is 11.6. The molecule has 0 atom stereocenters. The molecule has 1 saturated heterocycles. The number of hydrogen-bond acceptors (Lipinski definition) is 5. The molecule has 0 saturated carbocycles. The molecule has 2 aromatic carbocycles. The van der Waals surface area contributed by atoms with Gasteiger partial charge in [0.05, 0.1) is 5.69 Å². The van der Waals surface area contributed by atoms with Gasteiger partial charge in [0.1, 0.15) is 11.5 Å². The average molecular weight is 451 g/mol. The summed E-state index contributed by atoms with van der Waals surface area (Å²) in [6.07, 6.45) is 3.06. The first kappa shape index (κ1) is 22.8. The summed E-state index contributed by atoms with van der Waals surface area (Å²) in [6.45, 7) is 4.11. The molecule has 0 aliphatic carbocycles. The lowest BCUT2D eigenvalue weighted by Crippen LogP contribution is -2.41. The van der Waals surface area contributed by atoms with Gasteiger partial charge in [-0.1, -0.05) is 25.1 Å². The Bertz CT molecular complexity index is 999. The van der Waals surface area contributed by atoms with Crippen molar-refractivity contribution in [3.8, 4) is 11.5 Å². The van der Waals surface area contributed by atoms with E-state index in [2.05, 4.69) is 6.92 Å². The van der Waals surface area contributed by atoms with Gasteiger partial charge in [-0.3, -0.25) is 14.4 Å². The lowest BCUT2D eigenvalue weighted by molar-refractivity contribution is -0.132. The van der Waals surface area contributed by atoms with Crippen molar-refractivity contribution in [2.75, 3.05) is 37.7 Å². The maximum Gasteiger partial charge on any atom is 0.265 e. The van der Waals surface area contributed by atoms with Gasteiger partial charge in [-0.25, -0.2) is 0 Å². The number of piperidine rings is 1. The Labute approximate surface area is 194 Å². The summed E-state index contributed by atoms with van der Waals surface area (Å²) in [5.74, 6) is 1.64. The zero-order valence-corrected chi connectivity index (χ0v) is 19.0. The SMILES string of the molecule is CC1CCN(C(=O)CCCN2C(=O)COc3ccc(C(=O)COc4ccccc4)cc32)CC1.